The number of aliphatic hydroxyl groups is 7. The number of hydrogen-bond acceptors (Lipinski definition) is 10. The van der Waals surface area contributed by atoms with Crippen LogP contribution in [0.3, 0.4) is 0 Å². The molecular weight excluding hydrogens is 727 g/mol. The van der Waals surface area contributed by atoms with Crippen molar-refractivity contribution in [1.29, 1.82) is 0 Å². The zero-order valence-corrected chi connectivity index (χ0v) is 36.8. The molecule has 0 spiro atoms. The molecule has 0 aliphatic carbocycles. The van der Waals surface area contributed by atoms with Crippen LogP contribution in [0.15, 0.2) is 0 Å². The van der Waals surface area contributed by atoms with Crippen LogP contribution in [-0.4, -0.2) is 110 Å². The first-order valence-corrected chi connectivity index (χ1v) is 23.8. The molecule has 0 aromatic heterocycles. The Bertz CT molecular complexity index is 912. The first-order chi connectivity index (χ1) is 27.6. The van der Waals surface area contributed by atoms with Crippen molar-refractivity contribution in [1.82, 2.24) is 5.32 Å². The summed E-state index contributed by atoms with van der Waals surface area (Å²) in [5.74, 6) is 0.104. The highest BCUT2D eigenvalue weighted by Gasteiger charge is 2.44. The monoisotopic (exact) mass is 818 g/mol. The zero-order valence-electron chi connectivity index (χ0n) is 36.8. The molecule has 10 atom stereocenters. The topological polar surface area (TPSA) is 189 Å². The van der Waals surface area contributed by atoms with Gasteiger partial charge >= 0.3 is 0 Å². The molecule has 340 valence electrons. The third kappa shape index (κ3) is 26.1. The Labute approximate surface area is 348 Å². The van der Waals surface area contributed by atoms with Gasteiger partial charge in [0.05, 0.1) is 25.4 Å². The van der Waals surface area contributed by atoms with Gasteiger partial charge < -0.3 is 50.5 Å². The van der Waals surface area contributed by atoms with Gasteiger partial charge in [0, 0.05) is 0 Å². The first-order valence-electron chi connectivity index (χ1n) is 23.8. The summed E-state index contributed by atoms with van der Waals surface area (Å²) in [5, 5.41) is 75.7. The van der Waals surface area contributed by atoms with E-state index in [1.54, 1.807) is 0 Å². The Kier molecular flexibility index (Phi) is 34.0. The molecule has 11 heteroatoms. The van der Waals surface area contributed by atoms with Crippen LogP contribution in [-0.2, 0) is 14.3 Å². The first kappa shape index (κ1) is 54.1. The summed E-state index contributed by atoms with van der Waals surface area (Å²) >= 11 is 0. The molecule has 1 rings (SSSR count). The molecule has 0 bridgehead atoms. The van der Waals surface area contributed by atoms with E-state index in [4.69, 9.17) is 9.47 Å². The lowest BCUT2D eigenvalue weighted by atomic mass is 9.98. The predicted octanol–water partition coefficient (Wildman–Crippen LogP) is 7.75. The van der Waals surface area contributed by atoms with Gasteiger partial charge in [-0.05, 0) is 18.8 Å². The van der Waals surface area contributed by atoms with Crippen LogP contribution in [0.4, 0.5) is 0 Å². The lowest BCUT2D eigenvalue weighted by Gasteiger charge is -2.40. The summed E-state index contributed by atoms with van der Waals surface area (Å²) in [6, 6.07) is -1.16. The van der Waals surface area contributed by atoms with Crippen LogP contribution in [0, 0.1) is 5.92 Å². The molecule has 8 N–H and O–H groups in total. The van der Waals surface area contributed by atoms with Crippen molar-refractivity contribution in [3.8, 4) is 0 Å². The molecule has 1 unspecified atom stereocenters. The summed E-state index contributed by atoms with van der Waals surface area (Å²) in [5.41, 5.74) is 0. The van der Waals surface area contributed by atoms with Crippen LogP contribution in [0.5, 0.6) is 0 Å². The second-order valence-corrected chi connectivity index (χ2v) is 17.4. The molecule has 1 aliphatic heterocycles. The van der Waals surface area contributed by atoms with Crippen molar-refractivity contribution in [2.75, 3.05) is 13.2 Å². The third-order valence-electron chi connectivity index (χ3n) is 12.2. The largest absolute Gasteiger partial charge is 0.394 e. The quantitative estimate of drug-likeness (QED) is 0.0285. The molecule has 0 aromatic carbocycles. The Morgan fingerprint density at radius 1 is 0.596 bits per heavy atom. The fourth-order valence-corrected chi connectivity index (χ4v) is 7.83. The molecule has 57 heavy (non-hydrogen) atoms. The number of amides is 1. The van der Waals surface area contributed by atoms with Gasteiger partial charge in [0.1, 0.15) is 36.6 Å². The van der Waals surface area contributed by atoms with E-state index in [1.807, 2.05) is 0 Å². The Balaban J connectivity index is 2.42. The maximum Gasteiger partial charge on any atom is 0.249 e. The van der Waals surface area contributed by atoms with E-state index in [-0.39, 0.29) is 6.42 Å². The highest BCUT2D eigenvalue weighted by molar-refractivity contribution is 5.80. The minimum atomic E-state index is -1.66. The van der Waals surface area contributed by atoms with E-state index in [0.717, 1.165) is 44.4 Å². The molecule has 0 saturated carbocycles. The van der Waals surface area contributed by atoms with Crippen molar-refractivity contribution in [2.24, 2.45) is 5.92 Å². The van der Waals surface area contributed by atoms with E-state index in [1.165, 1.54) is 128 Å². The summed E-state index contributed by atoms with van der Waals surface area (Å²) < 4.78 is 11.1. The summed E-state index contributed by atoms with van der Waals surface area (Å²) in [6.07, 6.45) is 23.0. The van der Waals surface area contributed by atoms with Gasteiger partial charge in [-0.1, -0.05) is 201 Å². The van der Waals surface area contributed by atoms with Gasteiger partial charge in [-0.15, -0.1) is 0 Å². The van der Waals surface area contributed by atoms with Crippen molar-refractivity contribution in [3.63, 3.8) is 0 Å². The van der Waals surface area contributed by atoms with Crippen molar-refractivity contribution >= 4 is 5.91 Å². The maximum absolute atomic E-state index is 13.1. The van der Waals surface area contributed by atoms with Gasteiger partial charge in [0.2, 0.25) is 5.91 Å². The average molecular weight is 818 g/mol. The van der Waals surface area contributed by atoms with Gasteiger partial charge in [0.15, 0.2) is 6.29 Å². The molecule has 0 radical (unpaired) electrons. The molecule has 1 saturated heterocycles. The molecule has 1 fully saturated rings. The van der Waals surface area contributed by atoms with E-state index in [2.05, 4.69) is 26.1 Å². The van der Waals surface area contributed by atoms with Crippen molar-refractivity contribution in [3.05, 3.63) is 0 Å². The fraction of sp³-hybridized carbons (Fsp3) is 0.978. The van der Waals surface area contributed by atoms with Crippen LogP contribution in [0.25, 0.3) is 0 Å². The highest BCUT2D eigenvalue weighted by Crippen LogP contribution is 2.23. The minimum Gasteiger partial charge on any atom is -0.394 e. The number of hydrogen-bond donors (Lipinski definition) is 8. The minimum absolute atomic E-state index is 0.265. The number of carbonyl (C=O) groups excluding carboxylic acids is 1. The number of ether oxygens (including phenoxy) is 2. The Hall–Kier alpha value is -0.890. The van der Waals surface area contributed by atoms with Crippen molar-refractivity contribution < 1.29 is 50.0 Å². The second-order valence-electron chi connectivity index (χ2n) is 17.4. The van der Waals surface area contributed by atoms with E-state index >= 15 is 0 Å². The Morgan fingerprint density at radius 2 is 1.02 bits per heavy atom. The number of nitrogens with one attached hydrogen (secondary N) is 1. The normalized spacial score (nSPS) is 22.6. The van der Waals surface area contributed by atoms with Gasteiger partial charge in [-0.2, -0.15) is 0 Å². The lowest BCUT2D eigenvalue weighted by Crippen LogP contribution is -2.60. The molecule has 11 nitrogen and oxygen atoms in total. The zero-order chi connectivity index (χ0) is 42.1. The van der Waals surface area contributed by atoms with Crippen LogP contribution < -0.4 is 5.32 Å². The number of aliphatic hydroxyl groups excluding tert-OH is 7. The smallest absolute Gasteiger partial charge is 0.249 e. The van der Waals surface area contributed by atoms with Crippen LogP contribution >= 0.6 is 0 Å². The second kappa shape index (κ2) is 35.8. The molecule has 1 amide bonds. The van der Waals surface area contributed by atoms with E-state index in [0.29, 0.717) is 19.3 Å². The van der Waals surface area contributed by atoms with Crippen molar-refractivity contribution in [2.45, 2.75) is 268 Å². The number of unbranched alkanes of at least 4 members (excludes halogenated alkanes) is 24. The summed E-state index contributed by atoms with van der Waals surface area (Å²) in [4.78, 5) is 13.1. The van der Waals surface area contributed by atoms with E-state index in [9.17, 15) is 40.5 Å². The molecule has 1 heterocycles. The number of carbonyl (C=O) groups is 1. The van der Waals surface area contributed by atoms with Gasteiger partial charge in [-0.25, -0.2) is 0 Å². The predicted molar refractivity (Wildman–Crippen MR) is 229 cm³/mol. The highest BCUT2D eigenvalue weighted by atomic mass is 16.7. The molecule has 1 aliphatic rings. The van der Waals surface area contributed by atoms with E-state index < -0.39 is 74.2 Å². The maximum atomic E-state index is 13.1. The van der Waals surface area contributed by atoms with Crippen LogP contribution in [0.2, 0.25) is 0 Å². The average Bonchev–Trinajstić information content (AvgIpc) is 3.21. The standard InChI is InChI=1S/C46H91NO10/c1-4-6-7-8-9-10-11-12-13-14-15-16-17-18-19-24-27-30-33-39(50)45(55)47-37(35-56-46-44(54)43(53)42(52)40(34-48)57-46)41(51)38(49)32-29-26-23-21-20-22-25-28-31-36(3)5-2/h36-44,46,48-54H,4-35H2,1-3H3,(H,47,55)/t36?,37-,38+,39+,40+,41-,42+,43-,44+,46+/m0/s1. The SMILES string of the molecule is CCCCCCCCCCCCCCCCCCCC[C@@H](O)C(=O)N[C@@H](CO[C@@H]1O[C@H](CO)[C@@H](O)[C@H](O)[C@H]1O)[C@H](O)[C@H](O)CCCCCCCCCCC(C)CC. The lowest BCUT2D eigenvalue weighted by molar-refractivity contribution is -0.303. The molecule has 0 aromatic rings. The molecular formula is C46H91NO10. The Morgan fingerprint density at radius 3 is 1.46 bits per heavy atom. The summed E-state index contributed by atoms with van der Waals surface area (Å²) in [7, 11) is 0. The fourth-order valence-electron chi connectivity index (χ4n) is 7.83. The van der Waals surface area contributed by atoms with Crippen LogP contribution in [0.1, 0.15) is 213 Å². The number of rotatable bonds is 39. The third-order valence-corrected chi connectivity index (χ3v) is 12.2. The summed E-state index contributed by atoms with van der Waals surface area (Å²) in [6.45, 7) is 5.76. The van der Waals surface area contributed by atoms with Gasteiger partial charge in [0.25, 0.3) is 0 Å². The van der Waals surface area contributed by atoms with Gasteiger partial charge in [-0.3, -0.25) is 4.79 Å².